The predicted molar refractivity (Wildman–Crippen MR) is 87.0 cm³/mol. The molecule has 0 aromatic heterocycles. The standard InChI is InChI=1S/C17H19N3O/c1-10-3-4-11(2)14(7-10)19-16-8-12-5-6-17(21)20-15(12)9-13(16)18/h3-4,7-9,19H,5-6,18H2,1-2H3,(H,20,21). The van der Waals surface area contributed by atoms with Crippen LogP contribution in [0.1, 0.15) is 23.1 Å². The molecule has 2 aromatic rings. The number of amides is 1. The normalized spacial score (nSPS) is 13.5. The molecule has 3 rings (SSSR count). The van der Waals surface area contributed by atoms with Crippen LogP contribution in [0.5, 0.6) is 0 Å². The fourth-order valence-electron chi connectivity index (χ4n) is 2.57. The number of anilines is 4. The van der Waals surface area contributed by atoms with E-state index in [1.54, 1.807) is 0 Å². The molecule has 4 N–H and O–H groups in total. The lowest BCUT2D eigenvalue weighted by Crippen LogP contribution is -2.19. The first kappa shape index (κ1) is 13.5. The molecule has 1 heterocycles. The van der Waals surface area contributed by atoms with Crippen molar-refractivity contribution in [2.75, 3.05) is 16.4 Å². The van der Waals surface area contributed by atoms with Gasteiger partial charge in [0, 0.05) is 17.8 Å². The van der Waals surface area contributed by atoms with E-state index in [-0.39, 0.29) is 5.91 Å². The maximum Gasteiger partial charge on any atom is 0.224 e. The highest BCUT2D eigenvalue weighted by atomic mass is 16.1. The minimum atomic E-state index is 0.0529. The van der Waals surface area contributed by atoms with Crippen LogP contribution in [-0.4, -0.2) is 5.91 Å². The molecule has 2 aromatic carbocycles. The van der Waals surface area contributed by atoms with Gasteiger partial charge in [-0.2, -0.15) is 0 Å². The molecular formula is C17H19N3O. The van der Waals surface area contributed by atoms with E-state index in [0.717, 1.165) is 29.0 Å². The number of nitrogen functional groups attached to an aromatic ring is 1. The molecule has 0 fully saturated rings. The van der Waals surface area contributed by atoms with Crippen molar-refractivity contribution in [3.63, 3.8) is 0 Å². The van der Waals surface area contributed by atoms with Crippen LogP contribution in [0.25, 0.3) is 0 Å². The van der Waals surface area contributed by atoms with Crippen molar-refractivity contribution in [3.05, 3.63) is 47.0 Å². The number of hydrogen-bond acceptors (Lipinski definition) is 3. The Kier molecular flexibility index (Phi) is 3.29. The van der Waals surface area contributed by atoms with E-state index < -0.39 is 0 Å². The Hall–Kier alpha value is -2.49. The minimum absolute atomic E-state index is 0.0529. The predicted octanol–water partition coefficient (Wildman–Crippen LogP) is 3.51. The average Bonchev–Trinajstić information content (AvgIpc) is 2.44. The Morgan fingerprint density at radius 1 is 1.10 bits per heavy atom. The second kappa shape index (κ2) is 5.13. The van der Waals surface area contributed by atoms with Crippen molar-refractivity contribution >= 4 is 28.7 Å². The fourth-order valence-corrected chi connectivity index (χ4v) is 2.57. The Bertz CT molecular complexity index is 722. The molecule has 0 bridgehead atoms. The Balaban J connectivity index is 1.96. The fraction of sp³-hybridized carbons (Fsp3) is 0.235. The quantitative estimate of drug-likeness (QED) is 0.738. The number of rotatable bonds is 2. The number of benzene rings is 2. The van der Waals surface area contributed by atoms with Crippen LogP contribution in [-0.2, 0) is 11.2 Å². The van der Waals surface area contributed by atoms with Crippen LogP contribution >= 0.6 is 0 Å². The van der Waals surface area contributed by atoms with E-state index >= 15 is 0 Å². The summed E-state index contributed by atoms with van der Waals surface area (Å²) in [7, 11) is 0. The third-order valence-corrected chi connectivity index (χ3v) is 3.83. The highest BCUT2D eigenvalue weighted by Gasteiger charge is 2.16. The molecule has 0 spiro atoms. The summed E-state index contributed by atoms with van der Waals surface area (Å²) in [5.74, 6) is 0.0529. The number of nitrogens with two attached hydrogens (primary N) is 1. The molecule has 0 saturated carbocycles. The molecule has 21 heavy (non-hydrogen) atoms. The molecule has 1 amide bonds. The number of nitrogens with one attached hydrogen (secondary N) is 2. The van der Waals surface area contributed by atoms with Crippen molar-refractivity contribution < 1.29 is 4.79 Å². The van der Waals surface area contributed by atoms with Gasteiger partial charge in [-0.15, -0.1) is 0 Å². The van der Waals surface area contributed by atoms with E-state index in [1.165, 1.54) is 11.1 Å². The number of fused-ring (bicyclic) bond motifs is 1. The molecular weight excluding hydrogens is 262 g/mol. The first-order valence-corrected chi connectivity index (χ1v) is 7.09. The number of hydrogen-bond donors (Lipinski definition) is 3. The summed E-state index contributed by atoms with van der Waals surface area (Å²) in [5.41, 5.74) is 13.0. The Morgan fingerprint density at radius 2 is 1.90 bits per heavy atom. The van der Waals surface area contributed by atoms with Crippen LogP contribution in [0, 0.1) is 13.8 Å². The molecule has 0 aliphatic carbocycles. The van der Waals surface area contributed by atoms with Crippen molar-refractivity contribution in [2.24, 2.45) is 0 Å². The number of carbonyl (C=O) groups is 1. The zero-order chi connectivity index (χ0) is 15.0. The van der Waals surface area contributed by atoms with Crippen molar-refractivity contribution in [3.8, 4) is 0 Å². The van der Waals surface area contributed by atoms with Gasteiger partial charge in [0.1, 0.15) is 0 Å². The third-order valence-electron chi connectivity index (χ3n) is 3.83. The number of carbonyl (C=O) groups excluding carboxylic acids is 1. The first-order chi connectivity index (χ1) is 10.0. The van der Waals surface area contributed by atoms with E-state index in [9.17, 15) is 4.79 Å². The van der Waals surface area contributed by atoms with E-state index in [4.69, 9.17) is 5.73 Å². The average molecular weight is 281 g/mol. The molecule has 1 aliphatic rings. The van der Waals surface area contributed by atoms with Gasteiger partial charge in [0.25, 0.3) is 0 Å². The van der Waals surface area contributed by atoms with Gasteiger partial charge >= 0.3 is 0 Å². The smallest absolute Gasteiger partial charge is 0.224 e. The molecule has 0 atom stereocenters. The van der Waals surface area contributed by atoms with Crippen LogP contribution in [0.15, 0.2) is 30.3 Å². The minimum Gasteiger partial charge on any atom is -0.397 e. The van der Waals surface area contributed by atoms with Gasteiger partial charge in [-0.1, -0.05) is 12.1 Å². The number of aryl methyl sites for hydroxylation is 3. The summed E-state index contributed by atoms with van der Waals surface area (Å²) in [6.07, 6.45) is 1.28. The highest BCUT2D eigenvalue weighted by Crippen LogP contribution is 2.33. The van der Waals surface area contributed by atoms with Crippen LogP contribution in [0.2, 0.25) is 0 Å². The van der Waals surface area contributed by atoms with E-state index in [1.807, 2.05) is 12.1 Å². The first-order valence-electron chi connectivity index (χ1n) is 7.09. The van der Waals surface area contributed by atoms with Gasteiger partial charge in [-0.05, 0) is 55.2 Å². The molecule has 0 radical (unpaired) electrons. The van der Waals surface area contributed by atoms with E-state index in [2.05, 4.69) is 42.7 Å². The second-order valence-corrected chi connectivity index (χ2v) is 5.59. The van der Waals surface area contributed by atoms with Crippen LogP contribution in [0.3, 0.4) is 0 Å². The van der Waals surface area contributed by atoms with Gasteiger partial charge in [0.2, 0.25) is 5.91 Å². The van der Waals surface area contributed by atoms with Crippen LogP contribution in [0.4, 0.5) is 22.7 Å². The van der Waals surface area contributed by atoms with Gasteiger partial charge in [0.15, 0.2) is 0 Å². The lowest BCUT2D eigenvalue weighted by molar-refractivity contribution is -0.116. The topological polar surface area (TPSA) is 67.2 Å². The van der Waals surface area contributed by atoms with Gasteiger partial charge in [0.05, 0.1) is 11.4 Å². The second-order valence-electron chi connectivity index (χ2n) is 5.59. The molecule has 1 aliphatic heterocycles. The van der Waals surface area contributed by atoms with Crippen molar-refractivity contribution in [2.45, 2.75) is 26.7 Å². The zero-order valence-electron chi connectivity index (χ0n) is 12.3. The van der Waals surface area contributed by atoms with Crippen molar-refractivity contribution in [1.29, 1.82) is 0 Å². The lowest BCUT2D eigenvalue weighted by Gasteiger charge is -2.20. The Labute approximate surface area is 124 Å². The van der Waals surface area contributed by atoms with Gasteiger partial charge in [-0.25, -0.2) is 0 Å². The monoisotopic (exact) mass is 281 g/mol. The molecule has 108 valence electrons. The third kappa shape index (κ3) is 2.70. The summed E-state index contributed by atoms with van der Waals surface area (Å²) in [6.45, 7) is 4.13. The molecule has 4 nitrogen and oxygen atoms in total. The lowest BCUT2D eigenvalue weighted by atomic mass is 10.0. The van der Waals surface area contributed by atoms with Crippen molar-refractivity contribution in [1.82, 2.24) is 0 Å². The van der Waals surface area contributed by atoms with E-state index in [0.29, 0.717) is 12.1 Å². The Morgan fingerprint density at radius 3 is 2.71 bits per heavy atom. The SMILES string of the molecule is Cc1ccc(C)c(Nc2cc3c(cc2N)NC(=O)CC3)c1. The largest absolute Gasteiger partial charge is 0.397 e. The van der Waals surface area contributed by atoms with Gasteiger partial charge in [-0.3, -0.25) is 4.79 Å². The maximum absolute atomic E-state index is 11.4. The van der Waals surface area contributed by atoms with Crippen LogP contribution < -0.4 is 16.4 Å². The summed E-state index contributed by atoms with van der Waals surface area (Å²) in [4.78, 5) is 11.4. The summed E-state index contributed by atoms with van der Waals surface area (Å²) < 4.78 is 0. The highest BCUT2D eigenvalue weighted by molar-refractivity contribution is 5.95. The van der Waals surface area contributed by atoms with Gasteiger partial charge < -0.3 is 16.4 Å². The summed E-state index contributed by atoms with van der Waals surface area (Å²) in [6, 6.07) is 10.2. The molecule has 0 unspecified atom stereocenters. The molecule has 4 heteroatoms. The molecule has 0 saturated heterocycles. The summed E-state index contributed by atoms with van der Waals surface area (Å²) in [5, 5.41) is 6.27. The summed E-state index contributed by atoms with van der Waals surface area (Å²) >= 11 is 0. The maximum atomic E-state index is 11.4. The zero-order valence-corrected chi connectivity index (χ0v) is 12.3.